The lowest BCUT2D eigenvalue weighted by Crippen LogP contribution is -2.31. The van der Waals surface area contributed by atoms with Crippen LogP contribution in [0.2, 0.25) is 10.0 Å². The number of pyridine rings is 1. The van der Waals surface area contributed by atoms with Crippen LogP contribution in [-0.4, -0.2) is 20.7 Å². The van der Waals surface area contributed by atoms with Crippen LogP contribution in [0.1, 0.15) is 33.4 Å². The van der Waals surface area contributed by atoms with Gasteiger partial charge in [-0.25, -0.2) is 0 Å². The van der Waals surface area contributed by atoms with Crippen LogP contribution in [-0.2, 0) is 7.05 Å². The number of hydrogen-bond donors (Lipinski definition) is 1. The molecule has 0 radical (unpaired) electrons. The van der Waals surface area contributed by atoms with Crippen LogP contribution < -0.4 is 10.5 Å². The zero-order valence-corrected chi connectivity index (χ0v) is 15.5. The van der Waals surface area contributed by atoms with Crippen molar-refractivity contribution in [1.82, 2.24) is 14.8 Å². The van der Waals surface area contributed by atoms with Gasteiger partial charge in [0, 0.05) is 24.0 Å². The first kappa shape index (κ1) is 16.9. The normalized spacial score (nSPS) is 16.2. The van der Waals surface area contributed by atoms with E-state index in [0.29, 0.717) is 27.7 Å². The molecular formula is C18H14Cl2N4O2. The van der Waals surface area contributed by atoms with Crippen LogP contribution in [0.4, 0.5) is 5.69 Å². The van der Waals surface area contributed by atoms with E-state index in [-0.39, 0.29) is 16.5 Å². The Kier molecular flexibility index (Phi) is 3.89. The maximum atomic E-state index is 13.1. The average molecular weight is 389 g/mol. The van der Waals surface area contributed by atoms with Gasteiger partial charge in [-0.3, -0.25) is 19.6 Å². The Morgan fingerprint density at radius 1 is 1.15 bits per heavy atom. The zero-order valence-electron chi connectivity index (χ0n) is 14.0. The topological polar surface area (TPSA) is 71.0 Å². The number of carbonyl (C=O) groups excluding carboxylic acids is 1. The number of carbonyl (C=O) groups is 1. The van der Waals surface area contributed by atoms with Gasteiger partial charge in [0.05, 0.1) is 11.3 Å². The maximum absolute atomic E-state index is 13.1. The molecule has 1 aromatic carbocycles. The van der Waals surface area contributed by atoms with E-state index in [0.717, 1.165) is 5.56 Å². The largest absolute Gasteiger partial charge is 0.315 e. The molecule has 8 heteroatoms. The molecule has 1 aliphatic heterocycles. The van der Waals surface area contributed by atoms with Gasteiger partial charge in [0.2, 0.25) is 0 Å². The fourth-order valence-corrected chi connectivity index (χ4v) is 3.65. The summed E-state index contributed by atoms with van der Waals surface area (Å²) >= 11 is 12.1. The van der Waals surface area contributed by atoms with Crippen molar-refractivity contribution in [1.29, 1.82) is 0 Å². The van der Waals surface area contributed by atoms with Crippen molar-refractivity contribution in [2.24, 2.45) is 7.05 Å². The number of nitrogens with zero attached hydrogens (tertiary/aromatic N) is 3. The highest BCUT2D eigenvalue weighted by Gasteiger charge is 2.42. The number of anilines is 1. The number of nitrogens with one attached hydrogen (secondary N) is 1. The Morgan fingerprint density at radius 3 is 2.50 bits per heavy atom. The molecule has 6 nitrogen and oxygen atoms in total. The summed E-state index contributed by atoms with van der Waals surface area (Å²) < 4.78 is 1.36. The van der Waals surface area contributed by atoms with Gasteiger partial charge >= 0.3 is 0 Å². The molecule has 3 heterocycles. The van der Waals surface area contributed by atoms with E-state index in [1.165, 1.54) is 10.6 Å². The molecule has 0 saturated heterocycles. The lowest BCUT2D eigenvalue weighted by atomic mass is 10.0. The molecular weight excluding hydrogens is 375 g/mol. The molecule has 1 N–H and O–H groups in total. The van der Waals surface area contributed by atoms with Crippen molar-refractivity contribution in [3.8, 4) is 0 Å². The molecule has 0 aliphatic carbocycles. The standard InChI is InChI=1S/C18H14Cl2N4O2/c1-9-14-15(22-21-9)16(10-3-5-11(19)6-4-10)24(18(14)26)12-7-13(20)17(25)23(2)8-12/h3-8,16H,1-2H3,(H,21,22)/t16-/m1/s1. The van der Waals surface area contributed by atoms with Crippen LogP contribution in [0.15, 0.2) is 41.3 Å². The number of H-pyrrole nitrogens is 1. The zero-order chi connectivity index (χ0) is 18.6. The molecule has 0 saturated carbocycles. The molecule has 1 atom stereocenters. The summed E-state index contributed by atoms with van der Waals surface area (Å²) in [5, 5.41) is 7.88. The predicted molar refractivity (Wildman–Crippen MR) is 100 cm³/mol. The third kappa shape index (κ3) is 2.45. The number of amides is 1. The number of fused-ring (bicyclic) bond motifs is 1. The van der Waals surface area contributed by atoms with Gasteiger partial charge in [-0.2, -0.15) is 5.10 Å². The Labute approximate surface area is 159 Å². The Hall–Kier alpha value is -2.57. The summed E-state index contributed by atoms with van der Waals surface area (Å²) in [6, 6.07) is 8.32. The highest BCUT2D eigenvalue weighted by molar-refractivity contribution is 6.31. The van der Waals surface area contributed by atoms with Crippen LogP contribution in [0, 0.1) is 6.92 Å². The lowest BCUT2D eigenvalue weighted by Gasteiger charge is -2.26. The number of aromatic nitrogens is 3. The van der Waals surface area contributed by atoms with Crippen LogP contribution >= 0.6 is 23.2 Å². The predicted octanol–water partition coefficient (Wildman–Crippen LogP) is 3.47. The SMILES string of the molecule is Cc1[nH]nc2c1C(=O)N(c1cc(Cl)c(=O)n(C)c1)[C@@H]2c1ccc(Cl)cc1. The third-order valence-corrected chi connectivity index (χ3v) is 5.04. The van der Waals surface area contributed by atoms with Crippen molar-refractivity contribution in [3.05, 3.63) is 79.4 Å². The van der Waals surface area contributed by atoms with Gasteiger partial charge in [-0.05, 0) is 30.7 Å². The summed E-state index contributed by atoms with van der Waals surface area (Å²) in [6.07, 6.45) is 1.60. The lowest BCUT2D eigenvalue weighted by molar-refractivity contribution is 0.0992. The third-order valence-electron chi connectivity index (χ3n) is 4.51. The van der Waals surface area contributed by atoms with Gasteiger partial charge in [-0.15, -0.1) is 0 Å². The summed E-state index contributed by atoms with van der Waals surface area (Å²) in [5.41, 5.74) is 2.94. The van der Waals surface area contributed by atoms with E-state index in [4.69, 9.17) is 23.2 Å². The minimum atomic E-state index is -0.437. The molecule has 0 fully saturated rings. The molecule has 4 rings (SSSR count). The molecule has 1 aliphatic rings. The van der Waals surface area contributed by atoms with Crippen LogP contribution in [0.3, 0.4) is 0 Å². The molecule has 132 valence electrons. The smallest absolute Gasteiger partial charge is 0.269 e. The Bertz CT molecular complexity index is 1060. The van der Waals surface area contributed by atoms with Crippen molar-refractivity contribution < 1.29 is 4.79 Å². The first-order valence-corrected chi connectivity index (χ1v) is 8.64. The first-order valence-electron chi connectivity index (χ1n) is 7.88. The van der Waals surface area contributed by atoms with Crippen LogP contribution in [0.5, 0.6) is 0 Å². The molecule has 0 unspecified atom stereocenters. The molecule has 1 amide bonds. The summed E-state index contributed by atoms with van der Waals surface area (Å²) in [5.74, 6) is -0.194. The number of rotatable bonds is 2. The number of benzene rings is 1. The summed E-state index contributed by atoms with van der Waals surface area (Å²) in [7, 11) is 1.60. The number of aromatic amines is 1. The first-order chi connectivity index (χ1) is 12.4. The quantitative estimate of drug-likeness (QED) is 0.730. The average Bonchev–Trinajstić information content (AvgIpc) is 3.12. The van der Waals surface area contributed by atoms with E-state index >= 15 is 0 Å². The minimum Gasteiger partial charge on any atom is -0.315 e. The van der Waals surface area contributed by atoms with Crippen LogP contribution in [0.25, 0.3) is 0 Å². The fourth-order valence-electron chi connectivity index (χ4n) is 3.28. The Balaban J connectivity index is 1.93. The van der Waals surface area contributed by atoms with Gasteiger partial charge in [0.25, 0.3) is 11.5 Å². The summed E-state index contributed by atoms with van der Waals surface area (Å²) in [4.78, 5) is 26.7. The molecule has 0 spiro atoms. The monoisotopic (exact) mass is 388 g/mol. The molecule has 3 aromatic rings. The van der Waals surface area contributed by atoms with E-state index in [1.54, 1.807) is 37.2 Å². The number of halogens is 2. The van der Waals surface area contributed by atoms with Crippen molar-refractivity contribution in [2.75, 3.05) is 4.90 Å². The highest BCUT2D eigenvalue weighted by Crippen LogP contribution is 2.41. The molecule has 26 heavy (non-hydrogen) atoms. The van der Waals surface area contributed by atoms with Crippen molar-refractivity contribution in [3.63, 3.8) is 0 Å². The second-order valence-electron chi connectivity index (χ2n) is 6.20. The van der Waals surface area contributed by atoms with E-state index < -0.39 is 6.04 Å². The van der Waals surface area contributed by atoms with E-state index in [1.807, 2.05) is 12.1 Å². The second-order valence-corrected chi connectivity index (χ2v) is 7.04. The van der Waals surface area contributed by atoms with Crippen molar-refractivity contribution in [2.45, 2.75) is 13.0 Å². The number of hydrogen-bond acceptors (Lipinski definition) is 3. The van der Waals surface area contributed by atoms with Gasteiger partial charge in [0.15, 0.2) is 0 Å². The van der Waals surface area contributed by atoms with Crippen molar-refractivity contribution >= 4 is 34.8 Å². The Morgan fingerprint density at radius 2 is 1.85 bits per heavy atom. The fraction of sp³-hybridized carbons (Fsp3) is 0.167. The van der Waals surface area contributed by atoms with E-state index in [2.05, 4.69) is 10.2 Å². The molecule has 0 bridgehead atoms. The molecule has 2 aromatic heterocycles. The van der Waals surface area contributed by atoms with Gasteiger partial charge in [0.1, 0.15) is 16.8 Å². The number of aryl methyl sites for hydroxylation is 2. The minimum absolute atomic E-state index is 0.0514. The summed E-state index contributed by atoms with van der Waals surface area (Å²) in [6.45, 7) is 1.81. The van der Waals surface area contributed by atoms with E-state index in [9.17, 15) is 9.59 Å². The van der Waals surface area contributed by atoms with Gasteiger partial charge < -0.3 is 4.57 Å². The second kappa shape index (κ2) is 6.00. The maximum Gasteiger partial charge on any atom is 0.269 e. The van der Waals surface area contributed by atoms with Gasteiger partial charge in [-0.1, -0.05) is 35.3 Å². The highest BCUT2D eigenvalue weighted by atomic mass is 35.5.